The maximum absolute atomic E-state index is 9.83. The summed E-state index contributed by atoms with van der Waals surface area (Å²) in [7, 11) is 0. The van der Waals surface area contributed by atoms with E-state index in [9.17, 15) is 5.11 Å². The van der Waals surface area contributed by atoms with Crippen molar-refractivity contribution in [1.29, 1.82) is 0 Å². The van der Waals surface area contributed by atoms with Gasteiger partial charge in [0.25, 0.3) is 0 Å². The summed E-state index contributed by atoms with van der Waals surface area (Å²) >= 11 is 0. The number of hydrogen-bond donors (Lipinski definition) is 1. The number of aliphatic hydroxyl groups excluding tert-OH is 1. The van der Waals surface area contributed by atoms with E-state index in [1.807, 2.05) is 0 Å². The molecule has 3 heterocycles. The van der Waals surface area contributed by atoms with Gasteiger partial charge in [-0.1, -0.05) is 12.1 Å². The minimum absolute atomic E-state index is 0.222. The second-order valence-corrected chi connectivity index (χ2v) is 4.86. The molecule has 5 heteroatoms. The van der Waals surface area contributed by atoms with Crippen molar-refractivity contribution >= 4 is 0 Å². The fourth-order valence-electron chi connectivity index (χ4n) is 2.86. The van der Waals surface area contributed by atoms with Gasteiger partial charge in [-0.25, -0.2) is 0 Å². The molecular formula is C11H17N3O2. The van der Waals surface area contributed by atoms with Crippen LogP contribution in [0, 0.1) is 5.92 Å². The number of hydrogen-bond acceptors (Lipinski definition) is 5. The molecule has 88 valence electrons. The first kappa shape index (κ1) is 10.2. The smallest absolute Gasteiger partial charge is 0.231 e. The molecule has 0 radical (unpaired) electrons. The van der Waals surface area contributed by atoms with Gasteiger partial charge in [-0.15, -0.1) is 0 Å². The largest absolute Gasteiger partial charge is 0.391 e. The first-order chi connectivity index (χ1) is 7.78. The number of aliphatic hydroxyl groups is 1. The molecular weight excluding hydrogens is 206 g/mol. The molecule has 1 aromatic rings. The van der Waals surface area contributed by atoms with Crippen LogP contribution in [-0.2, 0) is 6.42 Å². The van der Waals surface area contributed by atoms with Gasteiger partial charge in [0.15, 0.2) is 5.82 Å². The van der Waals surface area contributed by atoms with Gasteiger partial charge in [0.2, 0.25) is 5.89 Å². The summed E-state index contributed by atoms with van der Waals surface area (Å²) in [6.45, 7) is 4.83. The maximum atomic E-state index is 9.83. The van der Waals surface area contributed by atoms with Crippen LogP contribution in [0.3, 0.4) is 0 Å². The van der Waals surface area contributed by atoms with Crippen LogP contribution in [0.4, 0.5) is 0 Å². The molecule has 2 saturated heterocycles. The van der Waals surface area contributed by atoms with Crippen LogP contribution in [0.2, 0.25) is 0 Å². The third kappa shape index (κ3) is 1.55. The summed E-state index contributed by atoms with van der Waals surface area (Å²) < 4.78 is 5.30. The molecule has 4 unspecified atom stereocenters. The second kappa shape index (κ2) is 3.82. The Hall–Kier alpha value is -0.940. The van der Waals surface area contributed by atoms with Crippen molar-refractivity contribution in [2.24, 2.45) is 5.92 Å². The van der Waals surface area contributed by atoms with E-state index >= 15 is 0 Å². The van der Waals surface area contributed by atoms with Crippen LogP contribution in [0.5, 0.6) is 0 Å². The molecule has 0 aliphatic carbocycles. The SMILES string of the molecule is CCCc1noc(C2CN3CC(O)C2C3)n1. The second-order valence-electron chi connectivity index (χ2n) is 4.86. The molecule has 0 spiro atoms. The van der Waals surface area contributed by atoms with E-state index in [4.69, 9.17) is 4.52 Å². The van der Waals surface area contributed by atoms with Gasteiger partial charge in [0.1, 0.15) is 0 Å². The Bertz CT molecular complexity index is 379. The fraction of sp³-hybridized carbons (Fsp3) is 0.818. The van der Waals surface area contributed by atoms with Crippen molar-refractivity contribution < 1.29 is 9.63 Å². The van der Waals surface area contributed by atoms with Gasteiger partial charge in [-0.05, 0) is 6.42 Å². The zero-order valence-corrected chi connectivity index (χ0v) is 9.46. The number of nitrogens with zero attached hydrogens (tertiary/aromatic N) is 3. The van der Waals surface area contributed by atoms with Crippen LogP contribution in [0.1, 0.15) is 31.0 Å². The van der Waals surface area contributed by atoms with E-state index in [2.05, 4.69) is 22.0 Å². The average Bonchev–Trinajstić information content (AvgIpc) is 2.91. The van der Waals surface area contributed by atoms with Gasteiger partial charge in [-0.3, -0.25) is 4.90 Å². The summed E-state index contributed by atoms with van der Waals surface area (Å²) in [6, 6.07) is 0. The van der Waals surface area contributed by atoms with Gasteiger partial charge < -0.3 is 9.63 Å². The summed E-state index contributed by atoms with van der Waals surface area (Å²) in [5, 5.41) is 13.8. The van der Waals surface area contributed by atoms with Crippen LogP contribution in [0.15, 0.2) is 4.52 Å². The van der Waals surface area contributed by atoms with Crippen molar-refractivity contribution in [3.8, 4) is 0 Å². The molecule has 1 N–H and O–H groups in total. The van der Waals surface area contributed by atoms with Crippen molar-refractivity contribution in [3.05, 3.63) is 11.7 Å². The molecule has 0 saturated carbocycles. The molecule has 2 bridgehead atoms. The molecule has 1 aromatic heterocycles. The number of rotatable bonds is 3. The Morgan fingerprint density at radius 3 is 3.00 bits per heavy atom. The predicted molar refractivity (Wildman–Crippen MR) is 57.0 cm³/mol. The van der Waals surface area contributed by atoms with Crippen molar-refractivity contribution in [2.45, 2.75) is 31.8 Å². The Morgan fingerprint density at radius 2 is 2.31 bits per heavy atom. The Kier molecular flexibility index (Phi) is 2.44. The van der Waals surface area contributed by atoms with E-state index in [0.29, 0.717) is 0 Å². The number of piperidine rings is 1. The standard InChI is InChI=1S/C11H17N3O2/c1-2-3-10-12-11(16-13-10)8-5-14-4-7(8)9(15)6-14/h7-9,15H,2-6H2,1H3. The molecule has 3 rings (SSSR count). The zero-order valence-electron chi connectivity index (χ0n) is 9.46. The first-order valence-electron chi connectivity index (χ1n) is 6.01. The number of aromatic nitrogens is 2. The summed E-state index contributed by atoms with van der Waals surface area (Å²) in [5.74, 6) is 2.04. The summed E-state index contributed by atoms with van der Waals surface area (Å²) in [4.78, 5) is 6.69. The quantitative estimate of drug-likeness (QED) is 0.804. The summed E-state index contributed by atoms with van der Waals surface area (Å²) in [5.41, 5.74) is 0. The lowest BCUT2D eigenvalue weighted by Crippen LogP contribution is -2.33. The van der Waals surface area contributed by atoms with E-state index in [0.717, 1.165) is 44.2 Å². The minimum Gasteiger partial charge on any atom is -0.391 e. The summed E-state index contributed by atoms with van der Waals surface area (Å²) in [6.07, 6.45) is 1.68. The van der Waals surface area contributed by atoms with Gasteiger partial charge in [0, 0.05) is 32.0 Å². The van der Waals surface area contributed by atoms with Crippen LogP contribution in [0.25, 0.3) is 0 Å². The predicted octanol–water partition coefficient (Wildman–Crippen LogP) is 0.412. The molecule has 2 aliphatic heterocycles. The van der Waals surface area contributed by atoms with Crippen LogP contribution in [-0.4, -0.2) is 45.9 Å². The van der Waals surface area contributed by atoms with Crippen LogP contribution >= 0.6 is 0 Å². The molecule has 16 heavy (non-hydrogen) atoms. The van der Waals surface area contributed by atoms with Gasteiger partial charge in [0.05, 0.1) is 12.0 Å². The lowest BCUT2D eigenvalue weighted by molar-refractivity contribution is 0.0974. The Balaban J connectivity index is 1.77. The first-order valence-corrected chi connectivity index (χ1v) is 6.01. The lowest BCUT2D eigenvalue weighted by Gasteiger charge is -2.23. The molecule has 5 nitrogen and oxygen atoms in total. The van der Waals surface area contributed by atoms with Gasteiger partial charge >= 0.3 is 0 Å². The molecule has 2 aliphatic rings. The maximum Gasteiger partial charge on any atom is 0.231 e. The number of fused-ring (bicyclic) bond motifs is 2. The normalized spacial score (nSPS) is 37.1. The third-order valence-electron chi connectivity index (χ3n) is 3.65. The monoisotopic (exact) mass is 223 g/mol. The Labute approximate surface area is 94.4 Å². The van der Waals surface area contributed by atoms with Crippen LogP contribution < -0.4 is 0 Å². The Morgan fingerprint density at radius 1 is 1.44 bits per heavy atom. The lowest BCUT2D eigenvalue weighted by atomic mass is 9.90. The highest BCUT2D eigenvalue weighted by Gasteiger charge is 2.47. The van der Waals surface area contributed by atoms with E-state index in [-0.39, 0.29) is 17.9 Å². The minimum atomic E-state index is -0.222. The average molecular weight is 223 g/mol. The molecule has 0 amide bonds. The highest BCUT2D eigenvalue weighted by Crippen LogP contribution is 2.39. The highest BCUT2D eigenvalue weighted by molar-refractivity contribution is 5.08. The molecule has 4 atom stereocenters. The van der Waals surface area contributed by atoms with Crippen molar-refractivity contribution in [3.63, 3.8) is 0 Å². The number of aryl methyl sites for hydroxylation is 1. The van der Waals surface area contributed by atoms with E-state index in [1.54, 1.807) is 0 Å². The van der Waals surface area contributed by atoms with Crippen molar-refractivity contribution in [1.82, 2.24) is 15.0 Å². The highest BCUT2D eigenvalue weighted by atomic mass is 16.5. The zero-order chi connectivity index (χ0) is 11.1. The topological polar surface area (TPSA) is 62.4 Å². The van der Waals surface area contributed by atoms with E-state index < -0.39 is 0 Å². The third-order valence-corrected chi connectivity index (χ3v) is 3.65. The molecule has 0 aromatic carbocycles. The van der Waals surface area contributed by atoms with Gasteiger partial charge in [-0.2, -0.15) is 4.98 Å². The van der Waals surface area contributed by atoms with Crippen molar-refractivity contribution in [2.75, 3.05) is 19.6 Å². The fourth-order valence-corrected chi connectivity index (χ4v) is 2.86. The molecule has 2 fully saturated rings. The van der Waals surface area contributed by atoms with E-state index in [1.165, 1.54) is 0 Å².